The third-order valence-corrected chi connectivity index (χ3v) is 4.52. The van der Waals surface area contributed by atoms with Crippen LogP contribution >= 0.6 is 0 Å². The minimum atomic E-state index is 0.232. The number of pyridine rings is 1. The van der Waals surface area contributed by atoms with Crippen LogP contribution in [-0.4, -0.2) is 4.57 Å². The molecule has 0 N–H and O–H groups in total. The second-order valence-corrected chi connectivity index (χ2v) is 5.67. The molecule has 1 saturated carbocycles. The predicted molar refractivity (Wildman–Crippen MR) is 76.1 cm³/mol. The maximum absolute atomic E-state index is 12.5. The van der Waals surface area contributed by atoms with Crippen molar-refractivity contribution in [3.63, 3.8) is 0 Å². The highest BCUT2D eigenvalue weighted by Gasteiger charge is 2.23. The summed E-state index contributed by atoms with van der Waals surface area (Å²) in [6.07, 6.45) is 7.42. The van der Waals surface area contributed by atoms with Crippen LogP contribution < -0.4 is 5.56 Å². The summed E-state index contributed by atoms with van der Waals surface area (Å²) in [6, 6.07) is 4.44. The molecule has 1 aromatic rings. The summed E-state index contributed by atoms with van der Waals surface area (Å²) in [5.74, 6) is 0.683. The molecule has 1 aliphatic carbocycles. The zero-order valence-electron chi connectivity index (χ0n) is 11.9. The lowest BCUT2D eigenvalue weighted by Crippen LogP contribution is -2.32. The Morgan fingerprint density at radius 2 is 1.94 bits per heavy atom. The van der Waals surface area contributed by atoms with Crippen molar-refractivity contribution in [2.75, 3.05) is 0 Å². The van der Waals surface area contributed by atoms with E-state index in [1.165, 1.54) is 32.1 Å². The van der Waals surface area contributed by atoms with Crippen molar-refractivity contribution in [1.82, 2.24) is 4.57 Å². The van der Waals surface area contributed by atoms with E-state index >= 15 is 0 Å². The Bertz CT molecular complexity index is 455. The molecular weight excluding hydrogens is 222 g/mol. The van der Waals surface area contributed by atoms with Gasteiger partial charge in [0.05, 0.1) is 0 Å². The molecule has 1 atom stereocenters. The van der Waals surface area contributed by atoms with Crippen molar-refractivity contribution >= 4 is 0 Å². The van der Waals surface area contributed by atoms with Gasteiger partial charge < -0.3 is 4.57 Å². The van der Waals surface area contributed by atoms with E-state index in [4.69, 9.17) is 0 Å². The van der Waals surface area contributed by atoms with Crippen molar-refractivity contribution in [2.24, 2.45) is 5.92 Å². The fraction of sp³-hybridized carbons (Fsp3) is 0.688. The zero-order valence-corrected chi connectivity index (χ0v) is 11.9. The van der Waals surface area contributed by atoms with Crippen molar-refractivity contribution in [1.29, 1.82) is 0 Å². The average molecular weight is 247 g/mol. The Morgan fingerprint density at radius 1 is 1.28 bits per heavy atom. The number of hydrogen-bond donors (Lipinski definition) is 0. The highest BCUT2D eigenvalue weighted by Crippen LogP contribution is 2.32. The van der Waals surface area contributed by atoms with Gasteiger partial charge in [-0.3, -0.25) is 4.79 Å². The normalized spacial score (nSPS) is 18.8. The Morgan fingerprint density at radius 3 is 2.56 bits per heavy atom. The third kappa shape index (κ3) is 2.52. The Labute approximate surface area is 110 Å². The number of hydrogen-bond acceptors (Lipinski definition) is 1. The second kappa shape index (κ2) is 5.73. The van der Waals surface area contributed by atoms with E-state index < -0.39 is 0 Å². The Hall–Kier alpha value is -1.05. The topological polar surface area (TPSA) is 22.0 Å². The SMILES string of the molecule is CCc1ccc(C)n(C(C)C2CCCCC2)c1=O. The second-order valence-electron chi connectivity index (χ2n) is 5.67. The van der Waals surface area contributed by atoms with E-state index in [0.29, 0.717) is 12.0 Å². The molecule has 1 heterocycles. The summed E-state index contributed by atoms with van der Waals surface area (Å²) < 4.78 is 2.04. The number of rotatable bonds is 3. The first-order valence-corrected chi connectivity index (χ1v) is 7.36. The molecule has 2 heteroatoms. The molecule has 1 fully saturated rings. The highest BCUT2D eigenvalue weighted by molar-refractivity contribution is 5.16. The van der Waals surface area contributed by atoms with E-state index in [-0.39, 0.29) is 5.56 Å². The molecule has 0 aliphatic heterocycles. The highest BCUT2D eigenvalue weighted by atomic mass is 16.1. The van der Waals surface area contributed by atoms with Gasteiger partial charge in [0.2, 0.25) is 0 Å². The maximum atomic E-state index is 12.5. The van der Waals surface area contributed by atoms with Gasteiger partial charge in [0.1, 0.15) is 0 Å². The summed E-state index contributed by atoms with van der Waals surface area (Å²) in [5, 5.41) is 0. The minimum Gasteiger partial charge on any atom is -0.310 e. The zero-order chi connectivity index (χ0) is 13.1. The van der Waals surface area contributed by atoms with Gasteiger partial charge in [0.25, 0.3) is 5.56 Å². The lowest BCUT2D eigenvalue weighted by atomic mass is 9.84. The largest absolute Gasteiger partial charge is 0.310 e. The molecule has 0 spiro atoms. The molecular formula is C16H25NO. The molecule has 0 bridgehead atoms. The van der Waals surface area contributed by atoms with Gasteiger partial charge in [-0.05, 0) is 45.1 Å². The van der Waals surface area contributed by atoms with Gasteiger partial charge in [-0.15, -0.1) is 0 Å². The monoisotopic (exact) mass is 247 g/mol. The van der Waals surface area contributed by atoms with E-state index in [1.54, 1.807) is 0 Å². The van der Waals surface area contributed by atoms with Gasteiger partial charge in [0.15, 0.2) is 0 Å². The van der Waals surface area contributed by atoms with Crippen LogP contribution in [0.1, 0.15) is 63.3 Å². The van der Waals surface area contributed by atoms with E-state index in [9.17, 15) is 4.79 Å². The van der Waals surface area contributed by atoms with Crippen LogP contribution in [0.15, 0.2) is 16.9 Å². The number of nitrogens with zero attached hydrogens (tertiary/aromatic N) is 1. The van der Waals surface area contributed by atoms with Crippen LogP contribution in [0, 0.1) is 12.8 Å². The first kappa shape index (κ1) is 13.4. The molecule has 100 valence electrons. The van der Waals surface area contributed by atoms with Crippen LogP contribution in [0.4, 0.5) is 0 Å². The lowest BCUT2D eigenvalue weighted by Gasteiger charge is -2.30. The van der Waals surface area contributed by atoms with E-state index in [1.807, 2.05) is 10.6 Å². The van der Waals surface area contributed by atoms with Crippen molar-refractivity contribution < 1.29 is 0 Å². The molecule has 0 radical (unpaired) electrons. The molecule has 1 aliphatic rings. The summed E-state index contributed by atoms with van der Waals surface area (Å²) in [4.78, 5) is 12.5. The first-order valence-electron chi connectivity index (χ1n) is 7.36. The smallest absolute Gasteiger partial charge is 0.254 e. The van der Waals surface area contributed by atoms with Crippen molar-refractivity contribution in [3.8, 4) is 0 Å². The molecule has 2 nitrogen and oxygen atoms in total. The fourth-order valence-electron chi connectivity index (χ4n) is 3.29. The van der Waals surface area contributed by atoms with Gasteiger partial charge in [-0.2, -0.15) is 0 Å². The number of aromatic nitrogens is 1. The van der Waals surface area contributed by atoms with Crippen LogP contribution in [-0.2, 0) is 6.42 Å². The molecule has 2 rings (SSSR count). The molecule has 1 unspecified atom stereocenters. The van der Waals surface area contributed by atoms with Crippen LogP contribution in [0.3, 0.4) is 0 Å². The summed E-state index contributed by atoms with van der Waals surface area (Å²) in [6.45, 7) is 6.34. The minimum absolute atomic E-state index is 0.232. The fourth-order valence-corrected chi connectivity index (χ4v) is 3.29. The lowest BCUT2D eigenvalue weighted by molar-refractivity contribution is 0.257. The molecule has 0 aromatic carbocycles. The van der Waals surface area contributed by atoms with Gasteiger partial charge in [0, 0.05) is 17.3 Å². The van der Waals surface area contributed by atoms with E-state index in [2.05, 4.69) is 26.8 Å². The maximum Gasteiger partial charge on any atom is 0.254 e. The van der Waals surface area contributed by atoms with Gasteiger partial charge >= 0.3 is 0 Å². The molecule has 1 aromatic heterocycles. The van der Waals surface area contributed by atoms with Crippen LogP contribution in [0.5, 0.6) is 0 Å². The standard InChI is InChI=1S/C16H25NO/c1-4-14-11-10-12(2)17(16(14)18)13(3)15-8-6-5-7-9-15/h10-11,13,15H,4-9H2,1-3H3. The summed E-state index contributed by atoms with van der Waals surface area (Å²) in [7, 11) is 0. The van der Waals surface area contributed by atoms with Crippen molar-refractivity contribution in [3.05, 3.63) is 33.7 Å². The predicted octanol–water partition coefficient (Wildman–Crippen LogP) is 3.86. The van der Waals surface area contributed by atoms with Gasteiger partial charge in [-0.25, -0.2) is 0 Å². The first-order chi connectivity index (χ1) is 8.65. The molecule has 0 amide bonds. The van der Waals surface area contributed by atoms with Gasteiger partial charge in [-0.1, -0.05) is 32.3 Å². The van der Waals surface area contributed by atoms with Crippen LogP contribution in [0.2, 0.25) is 0 Å². The average Bonchev–Trinajstić information content (AvgIpc) is 2.40. The molecule has 18 heavy (non-hydrogen) atoms. The van der Waals surface area contributed by atoms with E-state index in [0.717, 1.165) is 17.7 Å². The summed E-state index contributed by atoms with van der Waals surface area (Å²) >= 11 is 0. The summed E-state index contributed by atoms with van der Waals surface area (Å²) in [5.41, 5.74) is 2.29. The Kier molecular flexibility index (Phi) is 4.26. The number of aryl methyl sites for hydroxylation is 2. The van der Waals surface area contributed by atoms with Crippen molar-refractivity contribution in [2.45, 2.75) is 65.3 Å². The van der Waals surface area contributed by atoms with Crippen LogP contribution in [0.25, 0.3) is 0 Å². The Balaban J connectivity index is 2.34. The molecule has 0 saturated heterocycles. The quantitative estimate of drug-likeness (QED) is 0.795. The third-order valence-electron chi connectivity index (χ3n) is 4.52.